The van der Waals surface area contributed by atoms with Crippen LogP contribution in [-0.4, -0.2) is 51.2 Å². The Labute approximate surface area is 193 Å². The second-order valence-electron chi connectivity index (χ2n) is 8.63. The lowest BCUT2D eigenvalue weighted by atomic mass is 9.95. The average Bonchev–Trinajstić information content (AvgIpc) is 3.43. The van der Waals surface area contributed by atoms with E-state index in [-0.39, 0.29) is 6.04 Å². The van der Waals surface area contributed by atoms with E-state index >= 15 is 0 Å². The highest BCUT2D eigenvalue weighted by molar-refractivity contribution is 8.77. The number of piperidine rings is 1. The maximum atomic E-state index is 12.8. The SMILES string of the molecule is O=C(CCCCC1CCSS1)CC1CCCCN1C(=O)CCCCC1CCSS1. The van der Waals surface area contributed by atoms with Crippen LogP contribution >= 0.6 is 43.2 Å². The highest BCUT2D eigenvalue weighted by Crippen LogP contribution is 2.40. The Bertz CT molecular complexity index is 507. The Morgan fingerprint density at radius 1 is 0.793 bits per heavy atom. The number of unbranched alkanes of at least 4 members (excludes halogenated alkanes) is 2. The highest BCUT2D eigenvalue weighted by atomic mass is 33.1. The summed E-state index contributed by atoms with van der Waals surface area (Å²) < 4.78 is 0. The van der Waals surface area contributed by atoms with E-state index in [1.807, 2.05) is 43.2 Å². The first-order chi connectivity index (χ1) is 14.2. The summed E-state index contributed by atoms with van der Waals surface area (Å²) in [5.74, 6) is 3.25. The second-order valence-corrected chi connectivity index (χ2v) is 14.2. The normalized spacial score (nSPS) is 27.4. The van der Waals surface area contributed by atoms with Crippen molar-refractivity contribution >= 4 is 54.9 Å². The van der Waals surface area contributed by atoms with Crippen LogP contribution in [0.15, 0.2) is 0 Å². The maximum Gasteiger partial charge on any atom is 0.222 e. The van der Waals surface area contributed by atoms with E-state index in [2.05, 4.69) is 4.90 Å². The van der Waals surface area contributed by atoms with E-state index in [9.17, 15) is 9.59 Å². The molecule has 29 heavy (non-hydrogen) atoms. The molecule has 0 aromatic carbocycles. The van der Waals surface area contributed by atoms with Crippen molar-refractivity contribution in [2.75, 3.05) is 18.1 Å². The van der Waals surface area contributed by atoms with Gasteiger partial charge in [-0.3, -0.25) is 9.59 Å². The van der Waals surface area contributed by atoms with Crippen molar-refractivity contribution in [2.24, 2.45) is 0 Å². The summed E-state index contributed by atoms with van der Waals surface area (Å²) in [5, 5.41) is 1.62. The number of hydrogen-bond acceptors (Lipinski definition) is 6. The van der Waals surface area contributed by atoms with Crippen LogP contribution in [0.3, 0.4) is 0 Å². The number of carbonyl (C=O) groups is 2. The Balaban J connectivity index is 1.30. The number of rotatable bonds is 12. The van der Waals surface area contributed by atoms with Gasteiger partial charge in [0.15, 0.2) is 0 Å². The number of nitrogens with zero attached hydrogens (tertiary/aromatic N) is 1. The highest BCUT2D eigenvalue weighted by Gasteiger charge is 2.28. The number of likely N-dealkylation sites (tertiary alicyclic amines) is 1. The summed E-state index contributed by atoms with van der Waals surface area (Å²) in [7, 11) is 8.06. The molecule has 0 saturated carbocycles. The number of ketones is 1. The molecule has 3 heterocycles. The molecule has 0 spiro atoms. The minimum Gasteiger partial charge on any atom is -0.339 e. The summed E-state index contributed by atoms with van der Waals surface area (Å²) in [4.78, 5) is 27.4. The Kier molecular flexibility index (Phi) is 11.5. The molecule has 3 fully saturated rings. The van der Waals surface area contributed by atoms with Gasteiger partial charge in [-0.25, -0.2) is 0 Å². The van der Waals surface area contributed by atoms with E-state index in [0.717, 1.165) is 49.1 Å². The lowest BCUT2D eigenvalue weighted by Gasteiger charge is -2.35. The van der Waals surface area contributed by atoms with Crippen molar-refractivity contribution in [1.82, 2.24) is 4.90 Å². The Morgan fingerprint density at radius 2 is 1.45 bits per heavy atom. The summed E-state index contributed by atoms with van der Waals surface area (Å²) >= 11 is 0. The van der Waals surface area contributed by atoms with Crippen molar-refractivity contribution in [1.29, 1.82) is 0 Å². The van der Waals surface area contributed by atoms with Crippen molar-refractivity contribution in [3.8, 4) is 0 Å². The van der Waals surface area contributed by atoms with Gasteiger partial charge >= 0.3 is 0 Å². The smallest absolute Gasteiger partial charge is 0.222 e. The fourth-order valence-electron chi connectivity index (χ4n) is 4.52. The summed E-state index contributed by atoms with van der Waals surface area (Å²) in [6.45, 7) is 0.864. The zero-order chi connectivity index (χ0) is 20.3. The quantitative estimate of drug-likeness (QED) is 0.229. The van der Waals surface area contributed by atoms with Crippen molar-refractivity contribution in [3.63, 3.8) is 0 Å². The summed E-state index contributed by atoms with van der Waals surface area (Å²) in [6, 6.07) is 0.173. The van der Waals surface area contributed by atoms with Gasteiger partial charge in [0.2, 0.25) is 5.91 Å². The molecule has 3 nitrogen and oxygen atoms in total. The molecule has 1 amide bonds. The van der Waals surface area contributed by atoms with Gasteiger partial charge in [0, 0.05) is 53.9 Å². The standard InChI is InChI=1S/C22H37NO2S4/c24-19(8-1-2-9-20-12-15-26-28-20)17-18-7-5-6-14-23(18)22(25)11-4-3-10-21-13-16-27-29-21/h18,20-21H,1-17H2. The molecule has 0 aromatic rings. The van der Waals surface area contributed by atoms with Crippen LogP contribution in [0.25, 0.3) is 0 Å². The van der Waals surface area contributed by atoms with Crippen LogP contribution < -0.4 is 0 Å². The fraction of sp³-hybridized carbons (Fsp3) is 0.909. The lowest BCUT2D eigenvalue weighted by Crippen LogP contribution is -2.44. The van der Waals surface area contributed by atoms with Crippen molar-refractivity contribution in [2.45, 2.75) is 106 Å². The van der Waals surface area contributed by atoms with Crippen LogP contribution in [0.2, 0.25) is 0 Å². The molecule has 0 aliphatic carbocycles. The molecule has 3 atom stereocenters. The first-order valence-electron chi connectivity index (χ1n) is 11.6. The molecule has 166 valence electrons. The largest absolute Gasteiger partial charge is 0.339 e. The second kappa shape index (κ2) is 13.8. The molecule has 0 N–H and O–H groups in total. The number of Topliss-reactive ketones (excluding diaryl/α,β-unsaturated/α-hetero) is 1. The number of hydrogen-bond donors (Lipinski definition) is 0. The molecule has 0 bridgehead atoms. The molecule has 3 aliphatic heterocycles. The van der Waals surface area contributed by atoms with E-state index in [0.29, 0.717) is 31.0 Å². The third-order valence-corrected chi connectivity index (χ3v) is 12.3. The Hall–Kier alpha value is 0.540. The summed E-state index contributed by atoms with van der Waals surface area (Å²) in [6.07, 6.45) is 14.8. The molecular weight excluding hydrogens is 439 g/mol. The van der Waals surface area contributed by atoms with Crippen LogP contribution in [0.4, 0.5) is 0 Å². The van der Waals surface area contributed by atoms with Crippen molar-refractivity contribution in [3.05, 3.63) is 0 Å². The maximum absolute atomic E-state index is 12.8. The van der Waals surface area contributed by atoms with Crippen LogP contribution in [0.5, 0.6) is 0 Å². The molecule has 3 aliphatic rings. The zero-order valence-corrected chi connectivity index (χ0v) is 20.9. The summed E-state index contributed by atoms with van der Waals surface area (Å²) in [5.41, 5.74) is 0. The fourth-order valence-corrected chi connectivity index (χ4v) is 10.6. The third-order valence-electron chi connectivity index (χ3n) is 6.26. The molecule has 0 aromatic heterocycles. The minimum absolute atomic E-state index is 0.173. The molecule has 3 rings (SSSR count). The third kappa shape index (κ3) is 8.89. The lowest BCUT2D eigenvalue weighted by molar-refractivity contribution is -0.136. The number of carbonyl (C=O) groups excluding carboxylic acids is 2. The van der Waals surface area contributed by atoms with Crippen LogP contribution in [-0.2, 0) is 9.59 Å². The monoisotopic (exact) mass is 475 g/mol. The topological polar surface area (TPSA) is 37.4 Å². The van der Waals surface area contributed by atoms with Gasteiger partial charge in [-0.15, -0.1) is 0 Å². The molecule has 3 saturated heterocycles. The van der Waals surface area contributed by atoms with Gasteiger partial charge < -0.3 is 4.90 Å². The van der Waals surface area contributed by atoms with E-state index in [1.165, 1.54) is 50.0 Å². The van der Waals surface area contributed by atoms with Crippen LogP contribution in [0.1, 0.15) is 89.9 Å². The van der Waals surface area contributed by atoms with Gasteiger partial charge in [-0.1, -0.05) is 56.0 Å². The predicted molar refractivity (Wildman–Crippen MR) is 133 cm³/mol. The molecule has 3 unspecified atom stereocenters. The first-order valence-corrected chi connectivity index (χ1v) is 16.4. The zero-order valence-electron chi connectivity index (χ0n) is 17.6. The van der Waals surface area contributed by atoms with Crippen molar-refractivity contribution < 1.29 is 9.59 Å². The van der Waals surface area contributed by atoms with Gasteiger partial charge in [-0.05, 0) is 57.8 Å². The van der Waals surface area contributed by atoms with E-state index in [1.54, 1.807) is 0 Å². The average molecular weight is 476 g/mol. The Morgan fingerprint density at radius 3 is 2.07 bits per heavy atom. The molecule has 7 heteroatoms. The van der Waals surface area contributed by atoms with E-state index in [4.69, 9.17) is 0 Å². The van der Waals surface area contributed by atoms with E-state index < -0.39 is 0 Å². The first kappa shape index (κ1) is 24.2. The predicted octanol–water partition coefficient (Wildman–Crippen LogP) is 6.75. The van der Waals surface area contributed by atoms with Gasteiger partial charge in [-0.2, -0.15) is 0 Å². The van der Waals surface area contributed by atoms with Gasteiger partial charge in [0.25, 0.3) is 0 Å². The molecular formula is C22H37NO2S4. The van der Waals surface area contributed by atoms with Gasteiger partial charge in [0.05, 0.1) is 0 Å². The van der Waals surface area contributed by atoms with Gasteiger partial charge in [0.1, 0.15) is 5.78 Å². The number of amides is 1. The minimum atomic E-state index is 0.173. The van der Waals surface area contributed by atoms with Crippen LogP contribution in [0, 0.1) is 0 Å². The molecule has 0 radical (unpaired) electrons.